The van der Waals surface area contributed by atoms with E-state index in [4.69, 9.17) is 4.74 Å². The summed E-state index contributed by atoms with van der Waals surface area (Å²) in [5, 5.41) is 0. The highest BCUT2D eigenvalue weighted by atomic mass is 19.3. The molecule has 0 fully saturated rings. The van der Waals surface area contributed by atoms with E-state index >= 15 is 0 Å². The number of rotatable bonds is 4. The Kier molecular flexibility index (Phi) is 4.37. The van der Waals surface area contributed by atoms with Gasteiger partial charge in [-0.2, -0.15) is 26.3 Å². The van der Waals surface area contributed by atoms with Crippen molar-refractivity contribution in [1.82, 2.24) is 0 Å². The molecule has 9 heteroatoms. The molecule has 0 saturated heterocycles. The molecule has 0 N–H and O–H groups in total. The van der Waals surface area contributed by atoms with Crippen LogP contribution in [0.3, 0.4) is 0 Å². The Labute approximate surface area is 132 Å². The van der Waals surface area contributed by atoms with Crippen LogP contribution < -0.4 is 4.74 Å². The molecule has 0 atom stereocenters. The summed E-state index contributed by atoms with van der Waals surface area (Å²) < 4.78 is 105. The minimum atomic E-state index is -5.86. The molecule has 0 saturated carbocycles. The van der Waals surface area contributed by atoms with Crippen molar-refractivity contribution in [3.8, 4) is 5.75 Å². The Hall–Kier alpha value is -1.77. The van der Waals surface area contributed by atoms with Crippen molar-refractivity contribution in [2.75, 3.05) is 13.9 Å². The molecule has 1 aliphatic rings. The van der Waals surface area contributed by atoms with Gasteiger partial charge in [0.2, 0.25) is 0 Å². The molecule has 2 rings (SSSR count). The van der Waals surface area contributed by atoms with E-state index < -0.39 is 34.7 Å². The first-order valence-corrected chi connectivity index (χ1v) is 6.67. The number of aryl methyl sites for hydroxylation is 2. The summed E-state index contributed by atoms with van der Waals surface area (Å²) >= 11 is 0. The zero-order valence-corrected chi connectivity index (χ0v) is 12.8. The Bertz CT molecular complexity index is 672. The number of benzene rings is 1. The smallest absolute Gasteiger partial charge is 0.383 e. The average molecular weight is 358 g/mol. The van der Waals surface area contributed by atoms with Crippen molar-refractivity contribution in [3.63, 3.8) is 0 Å². The summed E-state index contributed by atoms with van der Waals surface area (Å²) in [4.78, 5) is 0. The number of alkyl halides is 6. The highest BCUT2D eigenvalue weighted by Crippen LogP contribution is 2.62. The van der Waals surface area contributed by atoms with E-state index in [-0.39, 0.29) is 23.7 Å². The molecule has 2 nitrogen and oxygen atoms in total. The van der Waals surface area contributed by atoms with Crippen LogP contribution in [-0.4, -0.2) is 31.7 Å². The van der Waals surface area contributed by atoms with E-state index in [1.54, 1.807) is 0 Å². The van der Waals surface area contributed by atoms with Crippen molar-refractivity contribution in [3.05, 3.63) is 34.6 Å². The van der Waals surface area contributed by atoms with E-state index in [9.17, 15) is 30.7 Å². The molecule has 1 aromatic carbocycles. The first-order valence-electron chi connectivity index (χ1n) is 6.67. The molecular formula is C15H13F7O2. The fourth-order valence-electron chi connectivity index (χ4n) is 2.58. The molecule has 0 bridgehead atoms. The molecule has 1 aliphatic carbocycles. The quantitative estimate of drug-likeness (QED) is 0.564. The second-order valence-corrected chi connectivity index (χ2v) is 5.40. The lowest BCUT2D eigenvalue weighted by Crippen LogP contribution is -2.48. The van der Waals surface area contributed by atoms with Crippen molar-refractivity contribution in [1.29, 1.82) is 0 Å². The molecule has 0 aromatic heterocycles. The first-order chi connectivity index (χ1) is 10.9. The van der Waals surface area contributed by atoms with Crippen LogP contribution in [0, 0.1) is 13.8 Å². The van der Waals surface area contributed by atoms with Crippen molar-refractivity contribution in [2.45, 2.75) is 31.6 Å². The van der Waals surface area contributed by atoms with Gasteiger partial charge in [-0.1, -0.05) is 0 Å². The second kappa shape index (κ2) is 5.65. The fourth-order valence-corrected chi connectivity index (χ4v) is 2.58. The van der Waals surface area contributed by atoms with Gasteiger partial charge in [0.05, 0.1) is 5.57 Å². The number of hydrogen-bond donors (Lipinski definition) is 0. The number of ether oxygens (including phenoxy) is 2. The van der Waals surface area contributed by atoms with Crippen LogP contribution in [-0.2, 0) is 4.74 Å². The summed E-state index contributed by atoms with van der Waals surface area (Å²) in [7, 11) is 1.33. The van der Waals surface area contributed by atoms with Crippen LogP contribution in [0.1, 0.15) is 16.7 Å². The minimum absolute atomic E-state index is 0.112. The maximum atomic E-state index is 13.9. The van der Waals surface area contributed by atoms with Gasteiger partial charge >= 0.3 is 17.8 Å². The molecular weight excluding hydrogens is 345 g/mol. The number of hydrogen-bond acceptors (Lipinski definition) is 2. The molecule has 0 radical (unpaired) electrons. The van der Waals surface area contributed by atoms with Gasteiger partial charge in [0.15, 0.2) is 12.6 Å². The normalized spacial score (nSPS) is 21.2. The maximum Gasteiger partial charge on any atom is 0.383 e. The second-order valence-electron chi connectivity index (χ2n) is 5.40. The number of halogens is 7. The molecule has 24 heavy (non-hydrogen) atoms. The van der Waals surface area contributed by atoms with E-state index in [1.807, 2.05) is 0 Å². The zero-order chi connectivity index (χ0) is 18.5. The van der Waals surface area contributed by atoms with Gasteiger partial charge in [0, 0.05) is 7.11 Å². The molecule has 0 aliphatic heterocycles. The Morgan fingerprint density at radius 2 is 1.42 bits per heavy atom. The molecule has 0 heterocycles. The predicted molar refractivity (Wildman–Crippen MR) is 71.3 cm³/mol. The summed E-state index contributed by atoms with van der Waals surface area (Å²) in [5.74, 6) is -19.5. The summed E-state index contributed by atoms with van der Waals surface area (Å²) in [6.45, 7) is 2.22. The average Bonchev–Trinajstić information content (AvgIpc) is 2.54. The minimum Gasteiger partial charge on any atom is -0.468 e. The van der Waals surface area contributed by atoms with Crippen molar-refractivity contribution >= 4 is 5.57 Å². The van der Waals surface area contributed by atoms with Crippen molar-refractivity contribution in [2.24, 2.45) is 0 Å². The van der Waals surface area contributed by atoms with Gasteiger partial charge < -0.3 is 9.47 Å². The summed E-state index contributed by atoms with van der Waals surface area (Å²) in [6.07, 6.45) is 0. The van der Waals surface area contributed by atoms with Gasteiger partial charge in [-0.25, -0.2) is 4.39 Å². The van der Waals surface area contributed by atoms with E-state index in [1.165, 1.54) is 21.0 Å². The van der Waals surface area contributed by atoms with Crippen LogP contribution in [0.5, 0.6) is 5.75 Å². The maximum absolute atomic E-state index is 13.9. The summed E-state index contributed by atoms with van der Waals surface area (Å²) in [6, 6.07) is 2.29. The Morgan fingerprint density at radius 3 is 1.79 bits per heavy atom. The number of methoxy groups -OCH3 is 1. The zero-order valence-electron chi connectivity index (χ0n) is 12.8. The largest absolute Gasteiger partial charge is 0.468 e. The van der Waals surface area contributed by atoms with Crippen LogP contribution >= 0.6 is 0 Å². The van der Waals surface area contributed by atoms with Gasteiger partial charge in [-0.05, 0) is 42.7 Å². The topological polar surface area (TPSA) is 18.5 Å². The van der Waals surface area contributed by atoms with Gasteiger partial charge in [-0.15, -0.1) is 0 Å². The predicted octanol–water partition coefficient (Wildman–Crippen LogP) is 4.89. The third kappa shape index (κ3) is 2.37. The lowest BCUT2D eigenvalue weighted by molar-refractivity contribution is -0.263. The van der Waals surface area contributed by atoms with Crippen LogP contribution in [0.4, 0.5) is 30.7 Å². The molecule has 1 aromatic rings. The Balaban J connectivity index is 2.66. The van der Waals surface area contributed by atoms with E-state index in [2.05, 4.69) is 4.74 Å². The highest BCUT2D eigenvalue weighted by molar-refractivity contribution is 5.82. The molecule has 134 valence electrons. The standard InChI is InChI=1S/C15H13F7O2/c1-7-4-9(24-6-23-3)5-8(2)10(7)11-12(16)14(19,20)15(21,22)13(11,17)18/h4-5H,6H2,1-3H3. The van der Waals surface area contributed by atoms with Gasteiger partial charge in [0.1, 0.15) is 5.75 Å². The monoisotopic (exact) mass is 358 g/mol. The Morgan fingerprint density at radius 1 is 0.917 bits per heavy atom. The van der Waals surface area contributed by atoms with Crippen molar-refractivity contribution < 1.29 is 40.2 Å². The third-order valence-electron chi connectivity index (χ3n) is 3.70. The molecule has 0 amide bonds. The lowest BCUT2D eigenvalue weighted by atomic mass is 9.92. The number of allylic oxidation sites excluding steroid dienone is 2. The summed E-state index contributed by atoms with van der Waals surface area (Å²) in [5.41, 5.74) is -2.91. The van der Waals surface area contributed by atoms with E-state index in [0.717, 1.165) is 12.1 Å². The lowest BCUT2D eigenvalue weighted by Gasteiger charge is -2.25. The van der Waals surface area contributed by atoms with Crippen LogP contribution in [0.25, 0.3) is 5.57 Å². The van der Waals surface area contributed by atoms with Gasteiger partial charge in [-0.3, -0.25) is 0 Å². The fraction of sp³-hybridized carbons (Fsp3) is 0.467. The van der Waals surface area contributed by atoms with E-state index in [0.29, 0.717) is 0 Å². The van der Waals surface area contributed by atoms with Crippen LogP contribution in [0.2, 0.25) is 0 Å². The van der Waals surface area contributed by atoms with Crippen LogP contribution in [0.15, 0.2) is 18.0 Å². The molecule has 0 spiro atoms. The third-order valence-corrected chi connectivity index (χ3v) is 3.70. The highest BCUT2D eigenvalue weighted by Gasteiger charge is 2.81. The SMILES string of the molecule is COCOc1cc(C)c(C2=C(F)C(F)(F)C(F)(F)C2(F)F)c(C)c1. The van der Waals surface area contributed by atoms with Gasteiger partial charge in [0.25, 0.3) is 0 Å². The molecule has 0 unspecified atom stereocenters. The first kappa shape index (κ1) is 18.6.